The van der Waals surface area contributed by atoms with E-state index in [0.29, 0.717) is 5.92 Å². The molecule has 0 fully saturated rings. The van der Waals surface area contributed by atoms with Crippen LogP contribution < -0.4 is 0 Å². The molecule has 1 unspecified atom stereocenters. The van der Waals surface area contributed by atoms with Gasteiger partial charge in [-0.25, -0.2) is 0 Å². The summed E-state index contributed by atoms with van der Waals surface area (Å²) in [4.78, 5) is 0. The smallest absolute Gasteiger partial charge is 0.0231 e. The SMILES string of the molecule is CCC(C)/C(C)=C(C)\C=C/S. The molecular formula is C10H18S. The molecule has 0 bridgehead atoms. The summed E-state index contributed by atoms with van der Waals surface area (Å²) in [6.45, 7) is 8.79. The van der Waals surface area contributed by atoms with Gasteiger partial charge in [-0.15, -0.1) is 0 Å². The second-order valence-corrected chi connectivity index (χ2v) is 3.29. The molecule has 1 heteroatoms. The van der Waals surface area contributed by atoms with Crippen molar-refractivity contribution in [1.82, 2.24) is 0 Å². The van der Waals surface area contributed by atoms with Crippen LogP contribution in [0.2, 0.25) is 0 Å². The van der Waals surface area contributed by atoms with Gasteiger partial charge in [-0.05, 0) is 31.6 Å². The van der Waals surface area contributed by atoms with Crippen molar-refractivity contribution >= 4 is 12.6 Å². The first kappa shape index (κ1) is 10.8. The maximum absolute atomic E-state index is 4.04. The molecule has 0 aromatic rings. The lowest BCUT2D eigenvalue weighted by Gasteiger charge is -2.10. The summed E-state index contributed by atoms with van der Waals surface area (Å²) < 4.78 is 0. The van der Waals surface area contributed by atoms with Crippen molar-refractivity contribution in [1.29, 1.82) is 0 Å². The molecule has 1 atom stereocenters. The standard InChI is InChI=1S/C10H18S/c1-5-8(2)10(4)9(3)6-7-11/h6-8,11H,5H2,1-4H3/b7-6-,10-9-. The van der Waals surface area contributed by atoms with Crippen LogP contribution in [0.3, 0.4) is 0 Å². The van der Waals surface area contributed by atoms with Gasteiger partial charge in [0.2, 0.25) is 0 Å². The van der Waals surface area contributed by atoms with Gasteiger partial charge in [0.1, 0.15) is 0 Å². The minimum Gasteiger partial charge on any atom is -0.151 e. The maximum Gasteiger partial charge on any atom is -0.0231 e. The van der Waals surface area contributed by atoms with E-state index in [9.17, 15) is 0 Å². The second kappa shape index (κ2) is 5.48. The highest BCUT2D eigenvalue weighted by molar-refractivity contribution is 7.83. The molecule has 0 aliphatic heterocycles. The average Bonchev–Trinajstić information content (AvgIpc) is 2.02. The van der Waals surface area contributed by atoms with E-state index in [0.717, 1.165) is 0 Å². The van der Waals surface area contributed by atoms with E-state index in [1.54, 1.807) is 5.41 Å². The Morgan fingerprint density at radius 3 is 2.36 bits per heavy atom. The molecule has 11 heavy (non-hydrogen) atoms. The largest absolute Gasteiger partial charge is 0.151 e. The Hall–Kier alpha value is -0.170. The third kappa shape index (κ3) is 3.66. The molecule has 0 aliphatic carbocycles. The van der Waals surface area contributed by atoms with Crippen molar-refractivity contribution in [2.24, 2.45) is 5.92 Å². The van der Waals surface area contributed by atoms with Gasteiger partial charge in [-0.3, -0.25) is 0 Å². The Kier molecular flexibility index (Phi) is 5.39. The predicted molar refractivity (Wildman–Crippen MR) is 56.0 cm³/mol. The van der Waals surface area contributed by atoms with E-state index in [4.69, 9.17) is 0 Å². The first-order chi connectivity index (χ1) is 5.13. The van der Waals surface area contributed by atoms with Crippen molar-refractivity contribution in [2.45, 2.75) is 34.1 Å². The fourth-order valence-electron chi connectivity index (χ4n) is 0.938. The molecule has 0 rings (SSSR count). The number of hydrogen-bond donors (Lipinski definition) is 1. The van der Waals surface area contributed by atoms with Gasteiger partial charge < -0.3 is 0 Å². The fourth-order valence-corrected chi connectivity index (χ4v) is 1.16. The van der Waals surface area contributed by atoms with Gasteiger partial charge in [0.15, 0.2) is 0 Å². The maximum atomic E-state index is 4.04. The Morgan fingerprint density at radius 1 is 1.45 bits per heavy atom. The number of rotatable bonds is 3. The van der Waals surface area contributed by atoms with E-state index in [1.165, 1.54) is 17.6 Å². The fraction of sp³-hybridized carbons (Fsp3) is 0.600. The van der Waals surface area contributed by atoms with Crippen molar-refractivity contribution in [2.75, 3.05) is 0 Å². The zero-order chi connectivity index (χ0) is 8.85. The van der Waals surface area contributed by atoms with Gasteiger partial charge in [0.25, 0.3) is 0 Å². The van der Waals surface area contributed by atoms with Crippen LogP contribution in [0.5, 0.6) is 0 Å². The Morgan fingerprint density at radius 2 is 2.00 bits per heavy atom. The summed E-state index contributed by atoms with van der Waals surface area (Å²) in [5.74, 6) is 0.694. The molecule has 0 amide bonds. The number of thiol groups is 1. The zero-order valence-electron chi connectivity index (χ0n) is 7.89. The lowest BCUT2D eigenvalue weighted by Crippen LogP contribution is -1.95. The summed E-state index contributed by atoms with van der Waals surface area (Å²) in [5.41, 5.74) is 2.81. The molecule has 0 heterocycles. The molecule has 0 saturated heterocycles. The first-order valence-corrected chi connectivity index (χ1v) is 4.63. The summed E-state index contributed by atoms with van der Waals surface area (Å²) in [7, 11) is 0. The molecule has 64 valence electrons. The molecule has 0 aliphatic rings. The van der Waals surface area contributed by atoms with Crippen LogP contribution in [0, 0.1) is 5.92 Å². The monoisotopic (exact) mass is 170 g/mol. The van der Waals surface area contributed by atoms with Gasteiger partial charge in [-0.1, -0.05) is 31.1 Å². The molecular weight excluding hydrogens is 152 g/mol. The molecule has 0 radical (unpaired) electrons. The van der Waals surface area contributed by atoms with Crippen LogP contribution in [-0.2, 0) is 0 Å². The van der Waals surface area contributed by atoms with Crippen LogP contribution >= 0.6 is 12.6 Å². The van der Waals surface area contributed by atoms with Gasteiger partial charge in [0.05, 0.1) is 0 Å². The summed E-state index contributed by atoms with van der Waals surface area (Å²) in [6.07, 6.45) is 3.26. The van der Waals surface area contributed by atoms with Gasteiger partial charge in [0, 0.05) is 0 Å². The van der Waals surface area contributed by atoms with E-state index in [-0.39, 0.29) is 0 Å². The van der Waals surface area contributed by atoms with Crippen molar-refractivity contribution in [3.05, 3.63) is 22.6 Å². The highest BCUT2D eigenvalue weighted by Gasteiger charge is 2.02. The van der Waals surface area contributed by atoms with Crippen molar-refractivity contribution in [3.63, 3.8) is 0 Å². The van der Waals surface area contributed by atoms with Gasteiger partial charge in [-0.2, -0.15) is 12.6 Å². The number of allylic oxidation sites excluding steroid dienone is 3. The summed E-state index contributed by atoms with van der Waals surface area (Å²) in [6, 6.07) is 0. The quantitative estimate of drug-likeness (QED) is 0.483. The Balaban J connectivity index is 4.38. The van der Waals surface area contributed by atoms with Crippen molar-refractivity contribution in [3.8, 4) is 0 Å². The topological polar surface area (TPSA) is 0 Å². The molecule has 0 N–H and O–H groups in total. The first-order valence-electron chi connectivity index (χ1n) is 4.11. The van der Waals surface area contributed by atoms with Crippen LogP contribution in [0.15, 0.2) is 22.6 Å². The number of hydrogen-bond acceptors (Lipinski definition) is 1. The molecule has 0 aromatic heterocycles. The zero-order valence-corrected chi connectivity index (χ0v) is 8.78. The Bertz CT molecular complexity index is 166. The van der Waals surface area contributed by atoms with E-state index in [2.05, 4.69) is 40.3 Å². The Labute approximate surface area is 75.8 Å². The molecule has 0 spiro atoms. The summed E-state index contributed by atoms with van der Waals surface area (Å²) in [5, 5.41) is 1.79. The molecule has 0 nitrogen and oxygen atoms in total. The third-order valence-electron chi connectivity index (χ3n) is 2.30. The normalized spacial score (nSPS) is 16.8. The van der Waals surface area contributed by atoms with Crippen molar-refractivity contribution < 1.29 is 0 Å². The van der Waals surface area contributed by atoms with Crippen LogP contribution in [0.25, 0.3) is 0 Å². The van der Waals surface area contributed by atoms with E-state index in [1.807, 2.05) is 6.08 Å². The lowest BCUT2D eigenvalue weighted by atomic mass is 9.96. The molecule has 0 aromatic carbocycles. The highest BCUT2D eigenvalue weighted by Crippen LogP contribution is 2.18. The van der Waals surface area contributed by atoms with Crippen LogP contribution in [0.4, 0.5) is 0 Å². The second-order valence-electron chi connectivity index (χ2n) is 2.99. The highest BCUT2D eigenvalue weighted by atomic mass is 32.1. The predicted octanol–water partition coefficient (Wildman–Crippen LogP) is 3.81. The average molecular weight is 170 g/mol. The minimum atomic E-state index is 0.694. The van der Waals surface area contributed by atoms with E-state index < -0.39 is 0 Å². The van der Waals surface area contributed by atoms with Gasteiger partial charge >= 0.3 is 0 Å². The minimum absolute atomic E-state index is 0.694. The lowest BCUT2D eigenvalue weighted by molar-refractivity contribution is 0.650. The van der Waals surface area contributed by atoms with Crippen LogP contribution in [-0.4, -0.2) is 0 Å². The third-order valence-corrected chi connectivity index (χ3v) is 2.45. The summed E-state index contributed by atoms with van der Waals surface area (Å²) >= 11 is 4.04. The van der Waals surface area contributed by atoms with E-state index >= 15 is 0 Å². The molecule has 0 saturated carbocycles. The van der Waals surface area contributed by atoms with Crippen LogP contribution in [0.1, 0.15) is 34.1 Å².